The van der Waals surface area contributed by atoms with E-state index in [-0.39, 0.29) is 23.8 Å². The Bertz CT molecular complexity index is 1240. The van der Waals surface area contributed by atoms with Crippen molar-refractivity contribution >= 4 is 51.5 Å². The largest absolute Gasteiger partial charge is 0.487 e. The standard InChI is InChI=1S/C23H19ClFN5O3S/c24-18-12-15(3-6-19(18)33-13-14-1-4-16(25)5-2-14)11-17-20(26)30-22(27-21(17)31)34-23(28-30)29-7-9-32-10-8-29/h1-6,11-12,26H,7-10,13H2/b17-11+,26-20?. The molecule has 0 saturated carbocycles. The number of benzene rings is 2. The normalized spacial score (nSPS) is 19.3. The van der Waals surface area contributed by atoms with Crippen LogP contribution in [-0.4, -0.2) is 58.3 Å². The minimum atomic E-state index is -0.505. The summed E-state index contributed by atoms with van der Waals surface area (Å²) in [5.41, 5.74) is 1.54. The molecule has 1 fully saturated rings. The fraction of sp³-hybridized carbons (Fsp3) is 0.217. The molecule has 0 unspecified atom stereocenters. The van der Waals surface area contributed by atoms with Crippen molar-refractivity contribution in [1.29, 1.82) is 5.41 Å². The lowest BCUT2D eigenvalue weighted by Crippen LogP contribution is -2.39. The van der Waals surface area contributed by atoms with E-state index < -0.39 is 5.91 Å². The Morgan fingerprint density at radius 3 is 2.68 bits per heavy atom. The molecule has 0 spiro atoms. The van der Waals surface area contributed by atoms with Gasteiger partial charge in [0, 0.05) is 13.1 Å². The van der Waals surface area contributed by atoms with Crippen LogP contribution in [0.15, 0.2) is 58.1 Å². The summed E-state index contributed by atoms with van der Waals surface area (Å²) >= 11 is 7.65. The number of nitrogens with one attached hydrogen (secondary N) is 1. The number of amides is 1. The van der Waals surface area contributed by atoms with Gasteiger partial charge in [0.05, 0.1) is 23.8 Å². The van der Waals surface area contributed by atoms with Crippen molar-refractivity contribution in [2.24, 2.45) is 10.1 Å². The van der Waals surface area contributed by atoms with Crippen LogP contribution in [0.4, 0.5) is 4.39 Å². The fourth-order valence-corrected chi connectivity index (χ4v) is 4.68. The van der Waals surface area contributed by atoms with E-state index in [4.69, 9.17) is 26.5 Å². The van der Waals surface area contributed by atoms with E-state index >= 15 is 0 Å². The van der Waals surface area contributed by atoms with E-state index in [9.17, 15) is 9.18 Å². The number of nitrogens with zero attached hydrogens (tertiary/aromatic N) is 4. The van der Waals surface area contributed by atoms with E-state index in [0.29, 0.717) is 53.0 Å². The number of hydrazone groups is 1. The van der Waals surface area contributed by atoms with Crippen molar-refractivity contribution in [3.63, 3.8) is 0 Å². The molecule has 0 aromatic heterocycles. The second kappa shape index (κ2) is 9.57. The lowest BCUT2D eigenvalue weighted by molar-refractivity contribution is -0.114. The quantitative estimate of drug-likeness (QED) is 0.640. The Balaban J connectivity index is 1.31. The van der Waals surface area contributed by atoms with Gasteiger partial charge in [0.1, 0.15) is 18.2 Å². The van der Waals surface area contributed by atoms with Gasteiger partial charge in [-0.2, -0.15) is 10.0 Å². The second-order valence-corrected chi connectivity index (χ2v) is 8.95. The number of amidine groups is 3. The highest BCUT2D eigenvalue weighted by molar-refractivity contribution is 8.26. The molecule has 11 heteroatoms. The molecule has 1 saturated heterocycles. The van der Waals surface area contributed by atoms with Gasteiger partial charge >= 0.3 is 0 Å². The van der Waals surface area contributed by atoms with Gasteiger partial charge in [0.25, 0.3) is 5.91 Å². The SMILES string of the molecule is N=C1/C(=C\c2ccc(OCc3ccc(F)cc3)c(Cl)c2)C(=O)N=C2SC(N3CCOCC3)=NN12. The smallest absolute Gasteiger partial charge is 0.283 e. The van der Waals surface area contributed by atoms with Gasteiger partial charge in [-0.3, -0.25) is 10.2 Å². The van der Waals surface area contributed by atoms with Crippen LogP contribution in [0.1, 0.15) is 11.1 Å². The average Bonchev–Trinajstić information content (AvgIpc) is 3.27. The Morgan fingerprint density at radius 2 is 1.94 bits per heavy atom. The van der Waals surface area contributed by atoms with Crippen LogP contribution in [0.5, 0.6) is 5.75 Å². The molecular formula is C23H19ClFN5O3S. The summed E-state index contributed by atoms with van der Waals surface area (Å²) < 4.78 is 24.1. The molecule has 0 radical (unpaired) electrons. The third kappa shape index (κ3) is 4.70. The van der Waals surface area contributed by atoms with Crippen molar-refractivity contribution in [2.45, 2.75) is 6.61 Å². The molecule has 0 bridgehead atoms. The van der Waals surface area contributed by atoms with Crippen molar-refractivity contribution in [3.8, 4) is 5.75 Å². The number of fused-ring (bicyclic) bond motifs is 1. The summed E-state index contributed by atoms with van der Waals surface area (Å²) in [5, 5.41) is 15.8. The Morgan fingerprint density at radius 1 is 1.18 bits per heavy atom. The first-order valence-corrected chi connectivity index (χ1v) is 11.7. The maximum Gasteiger partial charge on any atom is 0.283 e. The van der Waals surface area contributed by atoms with Crippen LogP contribution in [0, 0.1) is 11.2 Å². The van der Waals surface area contributed by atoms with Crippen LogP contribution < -0.4 is 4.74 Å². The molecule has 2 aromatic rings. The summed E-state index contributed by atoms with van der Waals surface area (Å²) in [5.74, 6) is -0.406. The number of ether oxygens (including phenoxy) is 2. The van der Waals surface area contributed by atoms with Crippen molar-refractivity contribution in [3.05, 3.63) is 70.0 Å². The Labute approximate surface area is 204 Å². The van der Waals surface area contributed by atoms with Gasteiger partial charge in [-0.15, -0.1) is 5.10 Å². The van der Waals surface area contributed by atoms with E-state index in [1.165, 1.54) is 28.9 Å². The number of thioether (sulfide) groups is 1. The van der Waals surface area contributed by atoms with E-state index in [1.807, 2.05) is 0 Å². The number of halogens is 2. The van der Waals surface area contributed by atoms with Gasteiger partial charge in [-0.05, 0) is 53.2 Å². The molecule has 3 aliphatic rings. The van der Waals surface area contributed by atoms with Crippen LogP contribution in [-0.2, 0) is 16.1 Å². The monoisotopic (exact) mass is 499 g/mol. The Kier molecular flexibility index (Phi) is 6.36. The molecule has 3 heterocycles. The Hall–Kier alpha value is -3.21. The first kappa shape index (κ1) is 22.6. The zero-order valence-corrected chi connectivity index (χ0v) is 19.4. The van der Waals surface area contributed by atoms with E-state index in [2.05, 4.69) is 15.0 Å². The van der Waals surface area contributed by atoms with Crippen molar-refractivity contribution < 1.29 is 18.7 Å². The predicted octanol–water partition coefficient (Wildman–Crippen LogP) is 3.97. The van der Waals surface area contributed by atoms with Crippen LogP contribution in [0.25, 0.3) is 6.08 Å². The molecule has 34 heavy (non-hydrogen) atoms. The third-order valence-corrected chi connectivity index (χ3v) is 6.56. The molecule has 0 aliphatic carbocycles. The number of hydrogen-bond donors (Lipinski definition) is 1. The maximum absolute atomic E-state index is 13.1. The van der Waals surface area contributed by atoms with Crippen LogP contribution in [0.2, 0.25) is 5.02 Å². The molecule has 174 valence electrons. The number of carbonyl (C=O) groups is 1. The van der Waals surface area contributed by atoms with Gasteiger partial charge in [-0.25, -0.2) is 4.39 Å². The number of hydrogen-bond acceptors (Lipinski definition) is 7. The number of aliphatic imine (C=N–C) groups is 1. The predicted molar refractivity (Wildman–Crippen MR) is 130 cm³/mol. The summed E-state index contributed by atoms with van der Waals surface area (Å²) in [4.78, 5) is 18.8. The molecule has 0 atom stereocenters. The molecular weight excluding hydrogens is 481 g/mol. The average molecular weight is 500 g/mol. The van der Waals surface area contributed by atoms with Gasteiger partial charge in [0.15, 0.2) is 11.0 Å². The molecule has 2 aromatic carbocycles. The zero-order valence-electron chi connectivity index (χ0n) is 17.8. The number of morpholine rings is 1. The molecule has 8 nitrogen and oxygen atoms in total. The van der Waals surface area contributed by atoms with Gasteiger partial charge in [0.2, 0.25) is 5.17 Å². The first-order valence-electron chi connectivity index (χ1n) is 10.5. The topological polar surface area (TPSA) is 90.6 Å². The first-order chi connectivity index (χ1) is 16.5. The van der Waals surface area contributed by atoms with Gasteiger partial charge in [-0.1, -0.05) is 29.8 Å². The number of carbonyl (C=O) groups excluding carboxylic acids is 1. The molecule has 1 N–H and O–H groups in total. The zero-order chi connectivity index (χ0) is 23.7. The second-order valence-electron chi connectivity index (χ2n) is 7.61. The molecule has 3 aliphatic heterocycles. The van der Waals surface area contributed by atoms with Crippen LogP contribution in [0.3, 0.4) is 0 Å². The summed E-state index contributed by atoms with van der Waals surface area (Å²) in [6.07, 6.45) is 1.56. The molecule has 5 rings (SSSR count). The van der Waals surface area contributed by atoms with Crippen LogP contribution >= 0.6 is 23.4 Å². The highest BCUT2D eigenvalue weighted by Gasteiger charge is 2.37. The summed E-state index contributed by atoms with van der Waals surface area (Å²) in [6.45, 7) is 2.85. The minimum Gasteiger partial charge on any atom is -0.487 e. The minimum absolute atomic E-state index is 0.0430. The highest BCUT2D eigenvalue weighted by Crippen LogP contribution is 2.31. The van der Waals surface area contributed by atoms with E-state index in [1.54, 1.807) is 36.4 Å². The highest BCUT2D eigenvalue weighted by atomic mass is 35.5. The molecule has 1 amide bonds. The lowest BCUT2D eigenvalue weighted by Gasteiger charge is -2.26. The van der Waals surface area contributed by atoms with Gasteiger partial charge < -0.3 is 14.4 Å². The van der Waals surface area contributed by atoms with Crippen molar-refractivity contribution in [2.75, 3.05) is 26.3 Å². The summed E-state index contributed by atoms with van der Waals surface area (Å²) in [7, 11) is 0. The number of rotatable bonds is 4. The van der Waals surface area contributed by atoms with E-state index in [0.717, 1.165) is 5.56 Å². The third-order valence-electron chi connectivity index (χ3n) is 5.30. The summed E-state index contributed by atoms with van der Waals surface area (Å²) in [6, 6.07) is 11.1. The fourth-order valence-electron chi connectivity index (χ4n) is 3.50. The van der Waals surface area contributed by atoms with Crippen molar-refractivity contribution in [1.82, 2.24) is 9.91 Å². The lowest BCUT2D eigenvalue weighted by atomic mass is 10.1. The maximum atomic E-state index is 13.1.